The van der Waals surface area contributed by atoms with Crippen molar-refractivity contribution in [3.05, 3.63) is 90.5 Å². The summed E-state index contributed by atoms with van der Waals surface area (Å²) in [5, 5.41) is 9.54. The van der Waals surface area contributed by atoms with Crippen molar-refractivity contribution in [3.63, 3.8) is 0 Å². The molecule has 126 valence electrons. The third kappa shape index (κ3) is 4.88. The lowest BCUT2D eigenvalue weighted by Crippen LogP contribution is -2.29. The highest BCUT2D eigenvalue weighted by Gasteiger charge is 2.21. The summed E-state index contributed by atoms with van der Waals surface area (Å²) in [6.07, 6.45) is -0.625. The molecule has 0 unspecified atom stereocenters. The fourth-order valence-electron chi connectivity index (χ4n) is 2.43. The molecule has 0 amide bonds. The molecule has 0 aliphatic carbocycles. The molecule has 3 aromatic rings. The lowest BCUT2D eigenvalue weighted by Gasteiger charge is -2.17. The molecule has 1 N–H and O–H groups in total. The minimum atomic E-state index is -0.969. The van der Waals surface area contributed by atoms with Crippen LogP contribution in [0.15, 0.2) is 94.7 Å². The Morgan fingerprint density at radius 3 is 2.16 bits per heavy atom. The fraction of sp³-hybridized carbons (Fsp3) is 0.0952. The zero-order chi connectivity index (χ0) is 17.5. The van der Waals surface area contributed by atoms with E-state index in [2.05, 4.69) is 0 Å². The van der Waals surface area contributed by atoms with Gasteiger partial charge in [-0.3, -0.25) is 0 Å². The number of ether oxygens (including phenoxy) is 1. The Morgan fingerprint density at radius 1 is 0.880 bits per heavy atom. The van der Waals surface area contributed by atoms with Crippen LogP contribution in [0.25, 0.3) is 0 Å². The van der Waals surface area contributed by atoms with Crippen LogP contribution in [0, 0.1) is 0 Å². The Hall–Kier alpha value is -2.72. The minimum absolute atomic E-state index is 0.306. The summed E-state index contributed by atoms with van der Waals surface area (Å²) >= 11 is 1.63. The Morgan fingerprint density at radius 2 is 1.48 bits per heavy atom. The summed E-state index contributed by atoms with van der Waals surface area (Å²) in [4.78, 5) is 13.8. The molecule has 0 aliphatic rings. The molecular formula is C21H18O3S. The van der Waals surface area contributed by atoms with Crippen molar-refractivity contribution in [1.29, 1.82) is 0 Å². The monoisotopic (exact) mass is 350 g/mol. The van der Waals surface area contributed by atoms with Crippen molar-refractivity contribution in [3.8, 4) is 5.75 Å². The quantitative estimate of drug-likeness (QED) is 0.657. The van der Waals surface area contributed by atoms with E-state index >= 15 is 0 Å². The van der Waals surface area contributed by atoms with Gasteiger partial charge >= 0.3 is 5.97 Å². The summed E-state index contributed by atoms with van der Waals surface area (Å²) in [5.74, 6) is -0.411. The van der Waals surface area contributed by atoms with Crippen molar-refractivity contribution in [1.82, 2.24) is 0 Å². The van der Waals surface area contributed by atoms with Crippen molar-refractivity contribution >= 4 is 17.7 Å². The van der Waals surface area contributed by atoms with Crippen LogP contribution in [0.4, 0.5) is 0 Å². The number of hydrogen-bond donors (Lipinski definition) is 1. The lowest BCUT2D eigenvalue weighted by molar-refractivity contribution is -0.145. The Kier molecular flexibility index (Phi) is 5.75. The number of carboxylic acids is 1. The van der Waals surface area contributed by atoms with E-state index in [-0.39, 0.29) is 0 Å². The van der Waals surface area contributed by atoms with Gasteiger partial charge in [-0.1, -0.05) is 66.4 Å². The first kappa shape index (κ1) is 17.1. The van der Waals surface area contributed by atoms with Gasteiger partial charge in [0.15, 0.2) is 6.10 Å². The predicted molar refractivity (Wildman–Crippen MR) is 99.2 cm³/mol. The molecule has 25 heavy (non-hydrogen) atoms. The van der Waals surface area contributed by atoms with Gasteiger partial charge in [0.25, 0.3) is 0 Å². The van der Waals surface area contributed by atoms with Gasteiger partial charge in [-0.25, -0.2) is 4.79 Å². The zero-order valence-electron chi connectivity index (χ0n) is 13.5. The number of para-hydroxylation sites is 1. The van der Waals surface area contributed by atoms with Crippen LogP contribution >= 0.6 is 11.8 Å². The Labute approximate surface area is 151 Å². The van der Waals surface area contributed by atoms with Crippen LogP contribution in [-0.2, 0) is 11.2 Å². The van der Waals surface area contributed by atoms with E-state index in [0.29, 0.717) is 12.2 Å². The van der Waals surface area contributed by atoms with Crippen LogP contribution in [0.5, 0.6) is 5.75 Å². The van der Waals surface area contributed by atoms with Crippen molar-refractivity contribution in [2.45, 2.75) is 22.3 Å². The highest BCUT2D eigenvalue weighted by atomic mass is 32.2. The van der Waals surface area contributed by atoms with E-state index in [1.807, 2.05) is 72.8 Å². The first-order valence-electron chi connectivity index (χ1n) is 7.97. The molecule has 0 aromatic heterocycles. The molecular weight excluding hydrogens is 332 g/mol. The van der Waals surface area contributed by atoms with Gasteiger partial charge in [0, 0.05) is 16.2 Å². The first-order chi connectivity index (χ1) is 12.2. The van der Waals surface area contributed by atoms with Crippen molar-refractivity contribution in [2.24, 2.45) is 0 Å². The molecule has 0 heterocycles. The number of benzene rings is 3. The second-order valence-electron chi connectivity index (χ2n) is 5.48. The Balaban J connectivity index is 1.79. The maximum atomic E-state index is 11.6. The Bertz CT molecular complexity index is 819. The van der Waals surface area contributed by atoms with Gasteiger partial charge in [0.05, 0.1) is 0 Å². The van der Waals surface area contributed by atoms with Crippen LogP contribution in [-0.4, -0.2) is 17.2 Å². The summed E-state index contributed by atoms with van der Waals surface area (Å²) in [6, 6.07) is 26.9. The molecule has 0 spiro atoms. The van der Waals surface area contributed by atoms with Crippen LogP contribution < -0.4 is 4.74 Å². The summed E-state index contributed by atoms with van der Waals surface area (Å²) in [7, 11) is 0. The number of aliphatic carboxylic acids is 1. The zero-order valence-corrected chi connectivity index (χ0v) is 14.4. The van der Waals surface area contributed by atoms with Crippen molar-refractivity contribution < 1.29 is 14.6 Å². The molecule has 1 atom stereocenters. The molecule has 0 bridgehead atoms. The van der Waals surface area contributed by atoms with Gasteiger partial charge < -0.3 is 9.84 Å². The molecule has 3 rings (SSSR count). The number of carboxylic acid groups (broad SMARTS) is 1. The van der Waals surface area contributed by atoms with Gasteiger partial charge in [-0.05, 0) is 35.9 Å². The number of hydrogen-bond acceptors (Lipinski definition) is 3. The largest absolute Gasteiger partial charge is 0.478 e. The standard InChI is InChI=1S/C21H18O3S/c22-21(23)19(24-17-10-3-1-4-11-17)15-16-9-7-8-14-20(16)25-18-12-5-2-6-13-18/h1-14,19H,15H2,(H,22,23)/t19-/m1/s1. The summed E-state index contributed by atoms with van der Waals surface area (Å²) < 4.78 is 5.68. The van der Waals surface area contributed by atoms with E-state index in [0.717, 1.165) is 15.4 Å². The van der Waals surface area contributed by atoms with Crippen LogP contribution in [0.3, 0.4) is 0 Å². The summed E-state index contributed by atoms with van der Waals surface area (Å²) in [5.41, 5.74) is 0.958. The molecule has 0 saturated carbocycles. The van der Waals surface area contributed by atoms with Gasteiger partial charge in [0.2, 0.25) is 0 Å². The maximum absolute atomic E-state index is 11.6. The second kappa shape index (κ2) is 8.40. The molecule has 3 aromatic carbocycles. The average Bonchev–Trinajstić information content (AvgIpc) is 2.64. The highest BCUT2D eigenvalue weighted by molar-refractivity contribution is 7.99. The number of rotatable bonds is 7. The van der Waals surface area contributed by atoms with Gasteiger partial charge in [-0.2, -0.15) is 0 Å². The third-order valence-corrected chi connectivity index (χ3v) is 4.77. The van der Waals surface area contributed by atoms with E-state index in [1.54, 1.807) is 23.9 Å². The predicted octanol–water partition coefficient (Wildman–Crippen LogP) is 4.91. The van der Waals surface area contributed by atoms with E-state index in [9.17, 15) is 9.90 Å². The topological polar surface area (TPSA) is 46.5 Å². The van der Waals surface area contributed by atoms with Gasteiger partial charge in [0.1, 0.15) is 5.75 Å². The fourth-order valence-corrected chi connectivity index (χ4v) is 3.41. The smallest absolute Gasteiger partial charge is 0.345 e. The number of carbonyl (C=O) groups is 1. The SMILES string of the molecule is O=C(O)[C@@H](Cc1ccccc1Sc1ccccc1)Oc1ccccc1. The molecule has 4 heteroatoms. The molecule has 0 fully saturated rings. The third-order valence-electron chi connectivity index (χ3n) is 3.65. The molecule has 0 saturated heterocycles. The normalized spacial score (nSPS) is 11.7. The summed E-state index contributed by atoms with van der Waals surface area (Å²) in [6.45, 7) is 0. The first-order valence-corrected chi connectivity index (χ1v) is 8.79. The van der Waals surface area contributed by atoms with Crippen LogP contribution in [0.2, 0.25) is 0 Å². The molecule has 3 nitrogen and oxygen atoms in total. The van der Waals surface area contributed by atoms with Crippen LogP contribution in [0.1, 0.15) is 5.56 Å². The minimum Gasteiger partial charge on any atom is -0.478 e. The van der Waals surface area contributed by atoms with E-state index < -0.39 is 12.1 Å². The molecule has 0 aliphatic heterocycles. The van der Waals surface area contributed by atoms with Crippen molar-refractivity contribution in [2.75, 3.05) is 0 Å². The van der Waals surface area contributed by atoms with Gasteiger partial charge in [-0.15, -0.1) is 0 Å². The lowest BCUT2D eigenvalue weighted by atomic mass is 10.1. The maximum Gasteiger partial charge on any atom is 0.345 e. The molecule has 0 radical (unpaired) electrons. The van der Waals surface area contributed by atoms with E-state index in [1.165, 1.54) is 0 Å². The van der Waals surface area contributed by atoms with E-state index in [4.69, 9.17) is 4.74 Å². The highest BCUT2D eigenvalue weighted by Crippen LogP contribution is 2.31. The average molecular weight is 350 g/mol. The second-order valence-corrected chi connectivity index (χ2v) is 6.60.